The van der Waals surface area contributed by atoms with Crippen LogP contribution >= 0.6 is 15.9 Å². The van der Waals surface area contributed by atoms with Crippen LogP contribution in [-0.2, 0) is 6.42 Å². The topological polar surface area (TPSA) is 12.0 Å². The lowest BCUT2D eigenvalue weighted by Gasteiger charge is -2.09. The van der Waals surface area contributed by atoms with E-state index in [4.69, 9.17) is 0 Å². The summed E-state index contributed by atoms with van der Waals surface area (Å²) in [5.74, 6) is 0.530. The maximum atomic E-state index is 12.8. The van der Waals surface area contributed by atoms with Crippen LogP contribution in [0.3, 0.4) is 0 Å². The molecule has 0 radical (unpaired) electrons. The van der Waals surface area contributed by atoms with E-state index in [0.29, 0.717) is 5.92 Å². The fourth-order valence-corrected chi connectivity index (χ4v) is 2.40. The molecule has 1 saturated heterocycles. The van der Waals surface area contributed by atoms with Crippen LogP contribution in [0.1, 0.15) is 12.0 Å². The van der Waals surface area contributed by atoms with Crippen LogP contribution in [0, 0.1) is 11.7 Å². The van der Waals surface area contributed by atoms with E-state index >= 15 is 0 Å². The lowest BCUT2D eigenvalue weighted by atomic mass is 9.99. The maximum Gasteiger partial charge on any atom is 0.124 e. The van der Waals surface area contributed by atoms with Crippen molar-refractivity contribution in [3.8, 4) is 0 Å². The smallest absolute Gasteiger partial charge is 0.124 e. The molecule has 0 amide bonds. The number of benzene rings is 1. The van der Waals surface area contributed by atoms with E-state index in [-0.39, 0.29) is 5.82 Å². The van der Waals surface area contributed by atoms with Gasteiger partial charge < -0.3 is 5.32 Å². The van der Waals surface area contributed by atoms with Crippen LogP contribution in [-0.4, -0.2) is 13.1 Å². The van der Waals surface area contributed by atoms with Crippen molar-refractivity contribution in [1.82, 2.24) is 5.32 Å². The predicted molar refractivity (Wildman–Crippen MR) is 58.8 cm³/mol. The molecule has 1 unspecified atom stereocenters. The molecule has 1 aromatic carbocycles. The van der Waals surface area contributed by atoms with Crippen molar-refractivity contribution < 1.29 is 4.39 Å². The number of nitrogens with one attached hydrogen (secondary N) is 1. The molecule has 1 N–H and O–H groups in total. The summed E-state index contributed by atoms with van der Waals surface area (Å²) in [6.45, 7) is 2.20. The number of rotatable bonds is 2. The third-order valence-corrected chi connectivity index (χ3v) is 3.42. The van der Waals surface area contributed by atoms with E-state index in [9.17, 15) is 4.39 Å². The molecule has 0 spiro atoms. The van der Waals surface area contributed by atoms with E-state index < -0.39 is 0 Å². The minimum atomic E-state index is -0.176. The Morgan fingerprint density at radius 1 is 1.50 bits per heavy atom. The highest BCUT2D eigenvalue weighted by Gasteiger charge is 2.15. The molecule has 1 fully saturated rings. The Labute approximate surface area is 91.8 Å². The zero-order chi connectivity index (χ0) is 9.97. The van der Waals surface area contributed by atoms with Gasteiger partial charge in [0.1, 0.15) is 5.82 Å². The van der Waals surface area contributed by atoms with Crippen molar-refractivity contribution >= 4 is 15.9 Å². The van der Waals surface area contributed by atoms with Gasteiger partial charge in [-0.15, -0.1) is 0 Å². The van der Waals surface area contributed by atoms with E-state index in [0.717, 1.165) is 24.0 Å². The van der Waals surface area contributed by atoms with Crippen molar-refractivity contribution in [2.75, 3.05) is 13.1 Å². The Morgan fingerprint density at radius 3 is 3.00 bits per heavy atom. The molecule has 0 bridgehead atoms. The first kappa shape index (κ1) is 10.1. The number of halogens is 2. The van der Waals surface area contributed by atoms with Gasteiger partial charge in [0.15, 0.2) is 0 Å². The van der Waals surface area contributed by atoms with Crippen LogP contribution < -0.4 is 5.32 Å². The predicted octanol–water partition coefficient (Wildman–Crippen LogP) is 2.74. The summed E-state index contributed by atoms with van der Waals surface area (Å²) in [4.78, 5) is 0. The first-order valence-corrected chi connectivity index (χ1v) is 5.69. The maximum absolute atomic E-state index is 12.8. The van der Waals surface area contributed by atoms with Gasteiger partial charge in [-0.25, -0.2) is 4.39 Å². The summed E-state index contributed by atoms with van der Waals surface area (Å²) in [6.07, 6.45) is 2.26. The molecule has 2 rings (SSSR count). The van der Waals surface area contributed by atoms with Gasteiger partial charge in [0.25, 0.3) is 0 Å². The van der Waals surface area contributed by atoms with Crippen LogP contribution in [0.5, 0.6) is 0 Å². The standard InChI is InChI=1S/C11H13BrFN/c12-11-6-10(13)2-1-9(11)5-8-3-4-14-7-8/h1-2,6,8,14H,3-5,7H2. The van der Waals surface area contributed by atoms with Crippen molar-refractivity contribution in [2.24, 2.45) is 5.92 Å². The molecular formula is C11H13BrFN. The Morgan fingerprint density at radius 2 is 2.36 bits per heavy atom. The molecule has 1 aliphatic rings. The molecule has 1 aromatic rings. The normalized spacial score (nSPS) is 21.4. The molecule has 0 aromatic heterocycles. The molecule has 3 heteroatoms. The Balaban J connectivity index is 2.08. The van der Waals surface area contributed by atoms with Crippen molar-refractivity contribution in [3.05, 3.63) is 34.1 Å². The van der Waals surface area contributed by atoms with Crippen molar-refractivity contribution in [1.29, 1.82) is 0 Å². The van der Waals surface area contributed by atoms with Gasteiger partial charge in [-0.05, 0) is 49.5 Å². The van der Waals surface area contributed by atoms with Gasteiger partial charge in [-0.2, -0.15) is 0 Å². The largest absolute Gasteiger partial charge is 0.316 e. The average Bonchev–Trinajstić information content (AvgIpc) is 2.62. The Bertz CT molecular complexity index is 321. The fraction of sp³-hybridized carbons (Fsp3) is 0.455. The molecule has 1 nitrogen and oxygen atoms in total. The first-order chi connectivity index (χ1) is 6.75. The second kappa shape index (κ2) is 4.41. The summed E-state index contributed by atoms with van der Waals surface area (Å²) in [5.41, 5.74) is 1.21. The molecule has 1 atom stereocenters. The number of hydrogen-bond donors (Lipinski definition) is 1. The fourth-order valence-electron chi connectivity index (χ4n) is 1.89. The highest BCUT2D eigenvalue weighted by atomic mass is 79.9. The van der Waals surface area contributed by atoms with E-state index in [2.05, 4.69) is 21.2 Å². The highest BCUT2D eigenvalue weighted by molar-refractivity contribution is 9.10. The molecule has 0 saturated carbocycles. The molecule has 1 aliphatic heterocycles. The summed E-state index contributed by atoms with van der Waals surface area (Å²) in [6, 6.07) is 4.94. The Hall–Kier alpha value is -0.410. The molecule has 76 valence electrons. The number of hydrogen-bond acceptors (Lipinski definition) is 1. The minimum absolute atomic E-state index is 0.176. The second-order valence-electron chi connectivity index (χ2n) is 3.80. The van der Waals surface area contributed by atoms with Crippen molar-refractivity contribution in [2.45, 2.75) is 12.8 Å². The van der Waals surface area contributed by atoms with Crippen LogP contribution in [0.4, 0.5) is 4.39 Å². The Kier molecular flexibility index (Phi) is 3.19. The lowest BCUT2D eigenvalue weighted by molar-refractivity contribution is 0.576. The summed E-state index contributed by atoms with van der Waals surface area (Å²) in [5, 5.41) is 3.33. The van der Waals surface area contributed by atoms with Gasteiger partial charge in [0.05, 0.1) is 0 Å². The van der Waals surface area contributed by atoms with E-state index in [1.165, 1.54) is 24.1 Å². The molecule has 1 heterocycles. The zero-order valence-electron chi connectivity index (χ0n) is 7.89. The van der Waals surface area contributed by atoms with Crippen LogP contribution in [0.25, 0.3) is 0 Å². The van der Waals surface area contributed by atoms with Gasteiger partial charge in [0.2, 0.25) is 0 Å². The third-order valence-electron chi connectivity index (χ3n) is 2.69. The van der Waals surface area contributed by atoms with Gasteiger partial charge >= 0.3 is 0 Å². The molecular weight excluding hydrogens is 245 g/mol. The molecule has 0 aliphatic carbocycles. The monoisotopic (exact) mass is 257 g/mol. The van der Waals surface area contributed by atoms with Gasteiger partial charge in [0, 0.05) is 4.47 Å². The second-order valence-corrected chi connectivity index (χ2v) is 4.65. The average molecular weight is 258 g/mol. The zero-order valence-corrected chi connectivity index (χ0v) is 9.48. The van der Waals surface area contributed by atoms with Crippen LogP contribution in [0.2, 0.25) is 0 Å². The van der Waals surface area contributed by atoms with Gasteiger partial charge in [-0.3, -0.25) is 0 Å². The summed E-state index contributed by atoms with van der Waals surface area (Å²) in [7, 11) is 0. The van der Waals surface area contributed by atoms with Gasteiger partial charge in [-0.1, -0.05) is 22.0 Å². The quantitative estimate of drug-likeness (QED) is 0.860. The summed E-state index contributed by atoms with van der Waals surface area (Å²) >= 11 is 3.39. The summed E-state index contributed by atoms with van der Waals surface area (Å²) < 4.78 is 13.7. The minimum Gasteiger partial charge on any atom is -0.316 e. The van der Waals surface area contributed by atoms with E-state index in [1.807, 2.05) is 6.07 Å². The van der Waals surface area contributed by atoms with Crippen LogP contribution in [0.15, 0.2) is 22.7 Å². The SMILES string of the molecule is Fc1ccc(CC2CCNC2)c(Br)c1. The third kappa shape index (κ3) is 2.34. The van der Waals surface area contributed by atoms with Crippen molar-refractivity contribution in [3.63, 3.8) is 0 Å². The lowest BCUT2D eigenvalue weighted by Crippen LogP contribution is -2.11. The molecule has 14 heavy (non-hydrogen) atoms. The van der Waals surface area contributed by atoms with E-state index in [1.54, 1.807) is 0 Å². The highest BCUT2D eigenvalue weighted by Crippen LogP contribution is 2.23. The first-order valence-electron chi connectivity index (χ1n) is 4.90.